The zero-order chi connectivity index (χ0) is 28.8. The summed E-state index contributed by atoms with van der Waals surface area (Å²) in [6, 6.07) is 42.9. The highest BCUT2D eigenvalue weighted by atomic mass is 16.4. The topological polar surface area (TPSA) is 70.1 Å². The van der Waals surface area contributed by atoms with E-state index in [1.54, 1.807) is 0 Å². The summed E-state index contributed by atoms with van der Waals surface area (Å²) in [5.74, 6) is 1.18. The number of nitrogens with zero attached hydrogens (tertiary/aromatic N) is 3. The highest BCUT2D eigenvalue weighted by molar-refractivity contribution is 6.15. The molecule has 0 atom stereocenters. The van der Waals surface area contributed by atoms with Crippen LogP contribution in [0, 0.1) is 0 Å². The number of para-hydroxylation sites is 5. The second-order valence-electron chi connectivity index (χ2n) is 11.0. The molecule has 0 fully saturated rings. The van der Waals surface area contributed by atoms with E-state index in [1.165, 1.54) is 0 Å². The van der Waals surface area contributed by atoms with Gasteiger partial charge in [-0.05, 0) is 78.9 Å². The average molecular weight is 568 g/mol. The molecular weight excluding hydrogens is 546 g/mol. The van der Waals surface area contributed by atoms with Crippen molar-refractivity contribution in [3.63, 3.8) is 0 Å². The van der Waals surface area contributed by atoms with E-state index in [9.17, 15) is 0 Å². The molecule has 0 saturated heterocycles. The molecule has 4 heterocycles. The van der Waals surface area contributed by atoms with Crippen LogP contribution in [-0.2, 0) is 0 Å². The second-order valence-corrected chi connectivity index (χ2v) is 11.0. The molecule has 0 spiro atoms. The van der Waals surface area contributed by atoms with Crippen molar-refractivity contribution in [2.24, 2.45) is 0 Å². The lowest BCUT2D eigenvalue weighted by Gasteiger charge is -2.10. The van der Waals surface area contributed by atoms with Gasteiger partial charge in [-0.25, -0.2) is 9.97 Å². The van der Waals surface area contributed by atoms with Crippen LogP contribution in [0.2, 0.25) is 0 Å². The quantitative estimate of drug-likeness (QED) is 0.212. The predicted octanol–water partition coefficient (Wildman–Crippen LogP) is 10.3. The molecular formula is C38H21N3O3. The number of fused-ring (bicyclic) bond motifs is 8. The minimum Gasteiger partial charge on any atom is -0.456 e. The van der Waals surface area contributed by atoms with Gasteiger partial charge in [-0.2, -0.15) is 0 Å². The Bertz CT molecular complexity index is 2540. The van der Waals surface area contributed by atoms with Crippen molar-refractivity contribution in [1.82, 2.24) is 14.5 Å². The van der Waals surface area contributed by atoms with E-state index in [0.29, 0.717) is 11.8 Å². The first-order valence-electron chi connectivity index (χ1n) is 14.5. The van der Waals surface area contributed by atoms with Gasteiger partial charge in [0, 0.05) is 27.3 Å². The van der Waals surface area contributed by atoms with E-state index in [1.807, 2.05) is 66.7 Å². The summed E-state index contributed by atoms with van der Waals surface area (Å²) in [5, 5.41) is 4.30. The lowest BCUT2D eigenvalue weighted by atomic mass is 10.1. The zero-order valence-corrected chi connectivity index (χ0v) is 23.2. The highest BCUT2D eigenvalue weighted by Gasteiger charge is 2.20. The van der Waals surface area contributed by atoms with Gasteiger partial charge in [0.2, 0.25) is 11.8 Å². The molecule has 44 heavy (non-hydrogen) atoms. The summed E-state index contributed by atoms with van der Waals surface area (Å²) in [7, 11) is 0. The molecule has 0 amide bonds. The minimum atomic E-state index is 0.590. The Hall–Kier alpha value is -6.14. The first-order chi connectivity index (χ1) is 21.8. The Morgan fingerprint density at radius 3 is 1.59 bits per heavy atom. The van der Waals surface area contributed by atoms with Crippen molar-refractivity contribution >= 4 is 65.9 Å². The molecule has 10 rings (SSSR count). The van der Waals surface area contributed by atoms with Crippen LogP contribution in [-0.4, -0.2) is 14.5 Å². The van der Waals surface area contributed by atoms with Crippen LogP contribution >= 0.6 is 0 Å². The van der Waals surface area contributed by atoms with Gasteiger partial charge in [-0.15, -0.1) is 0 Å². The second kappa shape index (κ2) is 8.69. The molecule has 206 valence electrons. The highest BCUT2D eigenvalue weighted by Crippen LogP contribution is 2.41. The van der Waals surface area contributed by atoms with Crippen molar-refractivity contribution < 1.29 is 13.3 Å². The average Bonchev–Trinajstić information content (AvgIpc) is 3.85. The summed E-state index contributed by atoms with van der Waals surface area (Å²) in [6.45, 7) is 0. The first-order valence-corrected chi connectivity index (χ1v) is 14.5. The Kier molecular flexibility index (Phi) is 4.63. The molecule has 0 aliphatic rings. The fourth-order valence-corrected chi connectivity index (χ4v) is 6.48. The zero-order valence-electron chi connectivity index (χ0n) is 23.2. The fraction of sp³-hybridized carbons (Fsp3) is 0. The van der Waals surface area contributed by atoms with Gasteiger partial charge >= 0.3 is 0 Å². The maximum Gasteiger partial charge on any atom is 0.227 e. The van der Waals surface area contributed by atoms with Gasteiger partial charge < -0.3 is 17.8 Å². The van der Waals surface area contributed by atoms with Gasteiger partial charge in [-0.1, -0.05) is 48.5 Å². The molecule has 0 unspecified atom stereocenters. The lowest BCUT2D eigenvalue weighted by Crippen LogP contribution is -1.94. The lowest BCUT2D eigenvalue weighted by molar-refractivity contribution is 0.619. The molecule has 6 aromatic carbocycles. The van der Waals surface area contributed by atoms with E-state index in [-0.39, 0.29) is 0 Å². The van der Waals surface area contributed by atoms with Crippen LogP contribution in [0.5, 0.6) is 0 Å². The number of hydrogen-bond acceptors (Lipinski definition) is 5. The Morgan fingerprint density at radius 1 is 0.432 bits per heavy atom. The van der Waals surface area contributed by atoms with Crippen LogP contribution in [0.3, 0.4) is 0 Å². The molecule has 10 aromatic rings. The van der Waals surface area contributed by atoms with Crippen molar-refractivity contribution in [2.75, 3.05) is 0 Å². The van der Waals surface area contributed by atoms with Gasteiger partial charge in [-0.3, -0.25) is 0 Å². The van der Waals surface area contributed by atoms with E-state index in [0.717, 1.165) is 82.8 Å². The number of oxazole rings is 2. The third-order valence-corrected chi connectivity index (χ3v) is 8.47. The molecule has 6 heteroatoms. The molecule has 4 aromatic heterocycles. The SMILES string of the molecule is c1ccc2oc(-c3ccc4c(c3)c3cc(-c5nc6ccccc6o5)ccc3n4-c3cccc4oc5ccccc5c34)nc2c1. The normalized spacial score (nSPS) is 12.1. The van der Waals surface area contributed by atoms with Crippen molar-refractivity contribution in [2.45, 2.75) is 0 Å². The first kappa shape index (κ1) is 23.4. The summed E-state index contributed by atoms with van der Waals surface area (Å²) >= 11 is 0. The largest absolute Gasteiger partial charge is 0.456 e. The van der Waals surface area contributed by atoms with E-state index in [4.69, 9.17) is 23.2 Å². The molecule has 0 bridgehead atoms. The standard InChI is InChI=1S/C38H21N3O3/c1-4-12-32-24(8-1)36-31(11-7-15-35(36)42-32)41-29-18-16-22(37-39-27-9-2-5-13-33(27)43-37)20-25(29)26-21-23(17-19-30(26)41)38-40-28-10-3-6-14-34(28)44-38/h1-21H. The smallest absolute Gasteiger partial charge is 0.227 e. The molecule has 0 N–H and O–H groups in total. The van der Waals surface area contributed by atoms with Crippen LogP contribution in [0.25, 0.3) is 94.5 Å². The van der Waals surface area contributed by atoms with Crippen LogP contribution < -0.4 is 0 Å². The van der Waals surface area contributed by atoms with Crippen molar-refractivity contribution in [3.8, 4) is 28.6 Å². The van der Waals surface area contributed by atoms with Gasteiger partial charge in [0.05, 0.1) is 22.1 Å². The number of hydrogen-bond donors (Lipinski definition) is 0. The third kappa shape index (κ3) is 3.30. The van der Waals surface area contributed by atoms with Crippen molar-refractivity contribution in [3.05, 3.63) is 127 Å². The summed E-state index contributed by atoms with van der Waals surface area (Å²) < 4.78 is 20.9. The van der Waals surface area contributed by atoms with Crippen LogP contribution in [0.1, 0.15) is 0 Å². The molecule has 0 saturated carbocycles. The van der Waals surface area contributed by atoms with E-state index in [2.05, 4.69) is 65.2 Å². The van der Waals surface area contributed by atoms with Gasteiger partial charge in [0.25, 0.3) is 0 Å². The minimum absolute atomic E-state index is 0.590. The number of benzene rings is 6. The Morgan fingerprint density at radius 2 is 0.977 bits per heavy atom. The van der Waals surface area contributed by atoms with E-state index >= 15 is 0 Å². The molecule has 0 radical (unpaired) electrons. The Balaban J connectivity index is 1.28. The van der Waals surface area contributed by atoms with Gasteiger partial charge in [0.15, 0.2) is 11.2 Å². The summed E-state index contributed by atoms with van der Waals surface area (Å²) in [4.78, 5) is 9.56. The Labute approximate surface area is 249 Å². The monoisotopic (exact) mass is 567 g/mol. The number of aromatic nitrogens is 3. The number of rotatable bonds is 3. The predicted molar refractivity (Wildman–Crippen MR) is 174 cm³/mol. The fourth-order valence-electron chi connectivity index (χ4n) is 6.48. The maximum absolute atomic E-state index is 6.27. The summed E-state index contributed by atoms with van der Waals surface area (Å²) in [6.07, 6.45) is 0. The molecule has 6 nitrogen and oxygen atoms in total. The maximum atomic E-state index is 6.27. The van der Waals surface area contributed by atoms with Crippen LogP contribution in [0.4, 0.5) is 0 Å². The molecule has 0 aliphatic carbocycles. The molecule has 0 aliphatic heterocycles. The third-order valence-electron chi connectivity index (χ3n) is 8.47. The van der Waals surface area contributed by atoms with Crippen molar-refractivity contribution in [1.29, 1.82) is 0 Å². The van der Waals surface area contributed by atoms with Gasteiger partial charge in [0.1, 0.15) is 22.2 Å². The number of furan rings is 1. The van der Waals surface area contributed by atoms with E-state index < -0.39 is 0 Å². The summed E-state index contributed by atoms with van der Waals surface area (Å²) in [5.41, 5.74) is 9.92. The van der Waals surface area contributed by atoms with Crippen LogP contribution in [0.15, 0.2) is 141 Å².